The average Bonchev–Trinajstić information content (AvgIpc) is 2.37. The summed E-state index contributed by atoms with van der Waals surface area (Å²) in [5.74, 6) is -1.03. The van der Waals surface area contributed by atoms with Crippen molar-refractivity contribution in [2.24, 2.45) is 5.11 Å². The maximum Gasteiger partial charge on any atom is 0.332 e. The van der Waals surface area contributed by atoms with Gasteiger partial charge in [0, 0.05) is 4.91 Å². The molecular formula is C12H15N3O3. The van der Waals surface area contributed by atoms with Crippen molar-refractivity contribution in [2.45, 2.75) is 25.5 Å². The summed E-state index contributed by atoms with van der Waals surface area (Å²) in [4.78, 5) is 13.4. The normalized spacial score (nSPS) is 13.4. The number of nitrogens with zero attached hydrogens (tertiary/aromatic N) is 3. The molecule has 1 N–H and O–H groups in total. The lowest BCUT2D eigenvalue weighted by molar-refractivity contribution is -0.149. The molecular weight excluding hydrogens is 234 g/mol. The Morgan fingerprint density at radius 2 is 2.17 bits per heavy atom. The highest BCUT2D eigenvalue weighted by Crippen LogP contribution is 2.07. The van der Waals surface area contributed by atoms with Crippen LogP contribution in [0.3, 0.4) is 0 Å². The number of carbonyl (C=O) groups is 1. The number of azide groups is 1. The van der Waals surface area contributed by atoms with Crippen LogP contribution < -0.4 is 0 Å². The van der Waals surface area contributed by atoms with Crippen molar-refractivity contribution in [3.63, 3.8) is 0 Å². The molecule has 0 aliphatic carbocycles. The van der Waals surface area contributed by atoms with Gasteiger partial charge in [-0.1, -0.05) is 35.4 Å². The van der Waals surface area contributed by atoms with Crippen molar-refractivity contribution in [1.29, 1.82) is 0 Å². The van der Waals surface area contributed by atoms with Gasteiger partial charge in [-0.25, -0.2) is 4.79 Å². The van der Waals surface area contributed by atoms with E-state index in [1.807, 2.05) is 30.3 Å². The average molecular weight is 249 g/mol. The highest BCUT2D eigenvalue weighted by atomic mass is 16.5. The van der Waals surface area contributed by atoms with Crippen molar-refractivity contribution in [1.82, 2.24) is 0 Å². The fraction of sp³-hybridized carbons (Fsp3) is 0.417. The predicted molar refractivity (Wildman–Crippen MR) is 66.1 cm³/mol. The monoisotopic (exact) mass is 249 g/mol. The first-order chi connectivity index (χ1) is 8.63. The first-order valence-electron chi connectivity index (χ1n) is 5.56. The van der Waals surface area contributed by atoms with E-state index >= 15 is 0 Å². The van der Waals surface area contributed by atoms with Gasteiger partial charge in [-0.15, -0.1) is 0 Å². The Morgan fingerprint density at radius 3 is 2.72 bits per heavy atom. The number of ether oxygens (including phenoxy) is 1. The largest absolute Gasteiger partial charge is 0.479 e. The molecule has 0 fully saturated rings. The number of aliphatic carboxylic acids is 1. The van der Waals surface area contributed by atoms with Crippen LogP contribution in [0.5, 0.6) is 0 Å². The van der Waals surface area contributed by atoms with E-state index in [4.69, 9.17) is 15.4 Å². The van der Waals surface area contributed by atoms with Crippen LogP contribution in [-0.2, 0) is 16.0 Å². The van der Waals surface area contributed by atoms with Crippen molar-refractivity contribution < 1.29 is 14.6 Å². The highest BCUT2D eigenvalue weighted by Gasteiger charge is 2.14. The van der Waals surface area contributed by atoms with Crippen LogP contribution in [-0.4, -0.2) is 29.8 Å². The molecule has 2 atom stereocenters. The topological polar surface area (TPSA) is 95.3 Å². The van der Waals surface area contributed by atoms with Gasteiger partial charge in [0.2, 0.25) is 0 Å². The maximum atomic E-state index is 10.6. The van der Waals surface area contributed by atoms with Gasteiger partial charge in [-0.2, -0.15) is 0 Å². The standard InChI is InChI=1S/C12H15N3O3/c1-9(12(16)17)18-8-11(14-15-13)7-10-5-3-2-4-6-10/h2-6,9,11H,7-8H2,1H3,(H,16,17)/t9-,11-/m0/s1. The van der Waals surface area contributed by atoms with Crippen LogP contribution in [0.1, 0.15) is 12.5 Å². The second-order valence-electron chi connectivity index (χ2n) is 3.86. The Bertz CT molecular complexity index is 429. The number of rotatable bonds is 7. The van der Waals surface area contributed by atoms with Crippen LogP contribution in [0, 0.1) is 0 Å². The first-order valence-corrected chi connectivity index (χ1v) is 5.56. The molecule has 1 aromatic rings. The highest BCUT2D eigenvalue weighted by molar-refractivity contribution is 5.71. The van der Waals surface area contributed by atoms with Crippen LogP contribution in [0.15, 0.2) is 35.4 Å². The number of carboxylic acid groups (broad SMARTS) is 1. The maximum absolute atomic E-state index is 10.6. The van der Waals surface area contributed by atoms with E-state index in [1.165, 1.54) is 6.92 Å². The fourth-order valence-corrected chi connectivity index (χ4v) is 1.42. The zero-order valence-corrected chi connectivity index (χ0v) is 10.1. The van der Waals surface area contributed by atoms with Crippen LogP contribution in [0.25, 0.3) is 10.4 Å². The molecule has 6 nitrogen and oxygen atoms in total. The molecule has 0 aromatic heterocycles. The molecule has 1 aromatic carbocycles. The number of hydrogen-bond acceptors (Lipinski definition) is 3. The second-order valence-corrected chi connectivity index (χ2v) is 3.86. The minimum atomic E-state index is -1.03. The van der Waals surface area contributed by atoms with Crippen molar-refractivity contribution >= 4 is 5.97 Å². The van der Waals surface area contributed by atoms with Crippen LogP contribution >= 0.6 is 0 Å². The zero-order valence-electron chi connectivity index (χ0n) is 10.1. The molecule has 0 saturated carbocycles. The summed E-state index contributed by atoms with van der Waals surface area (Å²) >= 11 is 0. The number of hydrogen-bond donors (Lipinski definition) is 1. The van der Waals surface area contributed by atoms with Gasteiger partial charge in [-0.05, 0) is 24.4 Å². The summed E-state index contributed by atoms with van der Waals surface area (Å²) in [6.45, 7) is 1.53. The van der Waals surface area contributed by atoms with E-state index in [-0.39, 0.29) is 6.61 Å². The van der Waals surface area contributed by atoms with Crippen LogP contribution in [0.2, 0.25) is 0 Å². The van der Waals surface area contributed by atoms with Gasteiger partial charge in [-0.3, -0.25) is 0 Å². The molecule has 96 valence electrons. The lowest BCUT2D eigenvalue weighted by Crippen LogP contribution is -2.25. The zero-order chi connectivity index (χ0) is 13.4. The predicted octanol–water partition coefficient (Wildman–Crippen LogP) is 2.40. The minimum absolute atomic E-state index is 0.0897. The summed E-state index contributed by atoms with van der Waals surface area (Å²) in [7, 11) is 0. The molecule has 0 bridgehead atoms. The Morgan fingerprint density at radius 1 is 1.50 bits per heavy atom. The molecule has 18 heavy (non-hydrogen) atoms. The number of carboxylic acids is 1. The summed E-state index contributed by atoms with van der Waals surface area (Å²) in [6, 6.07) is 9.11. The van der Waals surface area contributed by atoms with E-state index < -0.39 is 18.1 Å². The van der Waals surface area contributed by atoms with Crippen LogP contribution in [0.4, 0.5) is 0 Å². The molecule has 0 aliphatic rings. The molecule has 0 aliphatic heterocycles. The Kier molecular flexibility index (Phi) is 5.70. The lowest BCUT2D eigenvalue weighted by Gasteiger charge is -2.14. The molecule has 0 spiro atoms. The number of benzene rings is 1. The van der Waals surface area contributed by atoms with Crippen molar-refractivity contribution in [2.75, 3.05) is 6.61 Å². The molecule has 0 heterocycles. The van der Waals surface area contributed by atoms with E-state index in [0.29, 0.717) is 6.42 Å². The smallest absolute Gasteiger partial charge is 0.332 e. The lowest BCUT2D eigenvalue weighted by atomic mass is 10.1. The Labute approximate surface area is 105 Å². The second kappa shape index (κ2) is 7.32. The summed E-state index contributed by atoms with van der Waals surface area (Å²) in [6.07, 6.45) is -0.380. The van der Waals surface area contributed by atoms with E-state index in [0.717, 1.165) is 5.56 Å². The fourth-order valence-electron chi connectivity index (χ4n) is 1.42. The SMILES string of the molecule is C[C@H](OC[C@H](Cc1ccccc1)N=[N+]=[N-])C(=O)O. The van der Waals surface area contributed by atoms with Gasteiger partial charge < -0.3 is 9.84 Å². The van der Waals surface area contributed by atoms with Gasteiger partial charge in [0.1, 0.15) is 0 Å². The summed E-state index contributed by atoms with van der Waals surface area (Å²) < 4.78 is 5.13. The summed E-state index contributed by atoms with van der Waals surface area (Å²) in [5.41, 5.74) is 9.49. The molecule has 0 saturated heterocycles. The quantitative estimate of drug-likeness (QED) is 0.456. The van der Waals surface area contributed by atoms with E-state index in [2.05, 4.69) is 10.0 Å². The van der Waals surface area contributed by atoms with Gasteiger partial charge in [0.25, 0.3) is 0 Å². The Balaban J connectivity index is 2.55. The molecule has 0 radical (unpaired) electrons. The van der Waals surface area contributed by atoms with E-state index in [9.17, 15) is 4.79 Å². The summed E-state index contributed by atoms with van der Waals surface area (Å²) in [5, 5.41) is 12.3. The molecule has 1 rings (SSSR count). The van der Waals surface area contributed by atoms with Gasteiger partial charge in [0.15, 0.2) is 6.10 Å². The molecule has 0 amide bonds. The Hall–Kier alpha value is -2.04. The third-order valence-electron chi connectivity index (χ3n) is 2.42. The van der Waals surface area contributed by atoms with Gasteiger partial charge in [0.05, 0.1) is 12.6 Å². The molecule has 0 unspecified atom stereocenters. The van der Waals surface area contributed by atoms with Crippen molar-refractivity contribution in [3.8, 4) is 0 Å². The first kappa shape index (κ1) is 14.0. The third-order valence-corrected chi connectivity index (χ3v) is 2.42. The third kappa shape index (κ3) is 4.86. The van der Waals surface area contributed by atoms with E-state index in [1.54, 1.807) is 0 Å². The minimum Gasteiger partial charge on any atom is -0.479 e. The van der Waals surface area contributed by atoms with Crippen molar-refractivity contribution in [3.05, 3.63) is 46.3 Å². The molecule has 6 heteroatoms. The van der Waals surface area contributed by atoms with Gasteiger partial charge >= 0.3 is 5.97 Å².